The number of aromatic carboxylic acids is 1. The van der Waals surface area contributed by atoms with E-state index in [2.05, 4.69) is 12.2 Å². The van der Waals surface area contributed by atoms with Gasteiger partial charge in [0.2, 0.25) is 0 Å². The Labute approximate surface area is 121 Å². The number of carboxylic acid groups (broad SMARTS) is 1. The molecule has 116 valence electrons. The van der Waals surface area contributed by atoms with Crippen molar-refractivity contribution in [2.75, 3.05) is 11.9 Å². The molecule has 0 aliphatic heterocycles. The standard InChI is InChI=1S/C15H18F3NO2/c1-9-3-2-4-10(9)8-19-11-5-6-13(15(16,17)18)12(7-11)14(20)21/h5-7,9-10,19H,2-4,8H2,1H3,(H,20,21). The third kappa shape index (κ3) is 3.68. The summed E-state index contributed by atoms with van der Waals surface area (Å²) in [5.74, 6) is -0.494. The second kappa shape index (κ2) is 5.95. The van der Waals surface area contributed by atoms with Crippen LogP contribution in [0.5, 0.6) is 0 Å². The minimum atomic E-state index is -4.66. The molecule has 0 amide bonds. The van der Waals surface area contributed by atoms with E-state index in [-0.39, 0.29) is 0 Å². The lowest BCUT2D eigenvalue weighted by Crippen LogP contribution is -2.18. The van der Waals surface area contributed by atoms with Gasteiger partial charge in [0.25, 0.3) is 0 Å². The van der Waals surface area contributed by atoms with Crippen LogP contribution >= 0.6 is 0 Å². The number of nitrogens with one attached hydrogen (secondary N) is 1. The van der Waals surface area contributed by atoms with Crippen molar-refractivity contribution in [1.82, 2.24) is 0 Å². The lowest BCUT2D eigenvalue weighted by Gasteiger charge is -2.18. The van der Waals surface area contributed by atoms with Crippen LogP contribution in [0.25, 0.3) is 0 Å². The van der Waals surface area contributed by atoms with E-state index in [1.807, 2.05) is 0 Å². The molecule has 6 heteroatoms. The lowest BCUT2D eigenvalue weighted by molar-refractivity contribution is -0.138. The fraction of sp³-hybridized carbons (Fsp3) is 0.533. The van der Waals surface area contributed by atoms with Crippen LogP contribution in [0.15, 0.2) is 18.2 Å². The number of rotatable bonds is 4. The van der Waals surface area contributed by atoms with Gasteiger partial charge in [-0.3, -0.25) is 0 Å². The van der Waals surface area contributed by atoms with Crippen LogP contribution in [0.3, 0.4) is 0 Å². The monoisotopic (exact) mass is 301 g/mol. The molecule has 1 fully saturated rings. The zero-order chi connectivity index (χ0) is 15.6. The predicted molar refractivity (Wildman–Crippen MR) is 73.4 cm³/mol. The maximum absolute atomic E-state index is 12.7. The van der Waals surface area contributed by atoms with Crippen LogP contribution in [-0.2, 0) is 6.18 Å². The van der Waals surface area contributed by atoms with E-state index in [1.54, 1.807) is 0 Å². The molecule has 0 bridgehead atoms. The quantitative estimate of drug-likeness (QED) is 0.874. The Morgan fingerprint density at radius 2 is 2.10 bits per heavy atom. The molecular weight excluding hydrogens is 283 g/mol. The van der Waals surface area contributed by atoms with Gasteiger partial charge in [-0.25, -0.2) is 4.79 Å². The Morgan fingerprint density at radius 1 is 1.38 bits per heavy atom. The molecule has 1 aromatic rings. The second-order valence-corrected chi connectivity index (χ2v) is 5.61. The molecule has 0 radical (unpaired) electrons. The summed E-state index contributed by atoms with van der Waals surface area (Å²) >= 11 is 0. The summed E-state index contributed by atoms with van der Waals surface area (Å²) in [4.78, 5) is 11.0. The SMILES string of the molecule is CC1CCCC1CNc1ccc(C(F)(F)F)c(C(=O)O)c1. The summed E-state index contributed by atoms with van der Waals surface area (Å²) < 4.78 is 38.2. The number of carboxylic acids is 1. The Morgan fingerprint density at radius 3 is 2.62 bits per heavy atom. The summed E-state index contributed by atoms with van der Waals surface area (Å²) in [6, 6.07) is 3.17. The van der Waals surface area contributed by atoms with Gasteiger partial charge < -0.3 is 10.4 Å². The van der Waals surface area contributed by atoms with Crippen LogP contribution < -0.4 is 5.32 Å². The fourth-order valence-electron chi connectivity index (χ4n) is 2.85. The summed E-state index contributed by atoms with van der Waals surface area (Å²) in [5.41, 5.74) is -1.42. The highest BCUT2D eigenvalue weighted by atomic mass is 19.4. The molecule has 3 nitrogen and oxygen atoms in total. The van der Waals surface area contributed by atoms with E-state index < -0.39 is 23.3 Å². The number of hydrogen-bond donors (Lipinski definition) is 2. The van der Waals surface area contributed by atoms with Crippen molar-refractivity contribution in [1.29, 1.82) is 0 Å². The smallest absolute Gasteiger partial charge is 0.417 e. The molecule has 1 saturated carbocycles. The van der Waals surface area contributed by atoms with Crippen LogP contribution in [0.2, 0.25) is 0 Å². The van der Waals surface area contributed by atoms with E-state index in [1.165, 1.54) is 18.9 Å². The van der Waals surface area contributed by atoms with Gasteiger partial charge >= 0.3 is 12.1 Å². The number of benzene rings is 1. The van der Waals surface area contributed by atoms with Gasteiger partial charge in [0.05, 0.1) is 11.1 Å². The van der Waals surface area contributed by atoms with Crippen LogP contribution in [0.1, 0.15) is 42.1 Å². The molecule has 0 heterocycles. The van der Waals surface area contributed by atoms with Gasteiger partial charge in [0.15, 0.2) is 0 Å². The molecular formula is C15H18F3NO2. The number of carbonyl (C=O) groups is 1. The number of halogens is 3. The first-order chi connectivity index (χ1) is 9.79. The molecule has 1 aliphatic rings. The Hall–Kier alpha value is -1.72. The van der Waals surface area contributed by atoms with Gasteiger partial charge in [-0.2, -0.15) is 13.2 Å². The van der Waals surface area contributed by atoms with Gasteiger partial charge in [0.1, 0.15) is 0 Å². The maximum Gasteiger partial charge on any atom is 0.417 e. The third-order valence-electron chi connectivity index (χ3n) is 4.16. The number of anilines is 1. The molecule has 0 aromatic heterocycles. The van der Waals surface area contributed by atoms with Gasteiger partial charge in [-0.1, -0.05) is 19.8 Å². The topological polar surface area (TPSA) is 49.3 Å². The van der Waals surface area contributed by atoms with E-state index in [0.717, 1.165) is 18.6 Å². The maximum atomic E-state index is 12.7. The van der Waals surface area contributed by atoms with E-state index in [0.29, 0.717) is 24.1 Å². The molecule has 2 N–H and O–H groups in total. The van der Waals surface area contributed by atoms with Crippen LogP contribution in [0, 0.1) is 11.8 Å². The van der Waals surface area contributed by atoms with Crippen molar-refractivity contribution in [3.8, 4) is 0 Å². The summed E-state index contributed by atoms with van der Waals surface area (Å²) in [7, 11) is 0. The van der Waals surface area contributed by atoms with Crippen molar-refractivity contribution in [3.63, 3.8) is 0 Å². The summed E-state index contributed by atoms with van der Waals surface area (Å²) in [6.07, 6.45) is -1.23. The Bertz CT molecular complexity index is 528. The first-order valence-corrected chi connectivity index (χ1v) is 6.97. The molecule has 2 unspecified atom stereocenters. The van der Waals surface area contributed by atoms with Gasteiger partial charge in [0, 0.05) is 12.2 Å². The minimum absolute atomic E-state index is 0.416. The highest BCUT2D eigenvalue weighted by molar-refractivity contribution is 5.91. The minimum Gasteiger partial charge on any atom is -0.478 e. The van der Waals surface area contributed by atoms with Gasteiger partial charge in [-0.05, 0) is 36.5 Å². The van der Waals surface area contributed by atoms with Crippen LogP contribution in [-0.4, -0.2) is 17.6 Å². The predicted octanol–water partition coefficient (Wildman–Crippen LogP) is 4.25. The molecule has 2 atom stereocenters. The largest absolute Gasteiger partial charge is 0.478 e. The first-order valence-electron chi connectivity index (χ1n) is 6.97. The molecule has 0 spiro atoms. The fourth-order valence-corrected chi connectivity index (χ4v) is 2.85. The van der Waals surface area contributed by atoms with E-state index in [9.17, 15) is 18.0 Å². The van der Waals surface area contributed by atoms with Gasteiger partial charge in [-0.15, -0.1) is 0 Å². The lowest BCUT2D eigenvalue weighted by atomic mass is 9.98. The van der Waals surface area contributed by atoms with Crippen molar-refractivity contribution in [2.45, 2.75) is 32.4 Å². The molecule has 1 aromatic carbocycles. The molecule has 0 saturated heterocycles. The molecule has 1 aliphatic carbocycles. The number of alkyl halides is 3. The van der Waals surface area contributed by atoms with Crippen LogP contribution in [0.4, 0.5) is 18.9 Å². The highest BCUT2D eigenvalue weighted by Crippen LogP contribution is 2.34. The van der Waals surface area contributed by atoms with Crippen molar-refractivity contribution < 1.29 is 23.1 Å². The van der Waals surface area contributed by atoms with Crippen molar-refractivity contribution in [3.05, 3.63) is 29.3 Å². The van der Waals surface area contributed by atoms with Crippen molar-refractivity contribution in [2.24, 2.45) is 11.8 Å². The Kier molecular flexibility index (Phi) is 4.44. The zero-order valence-electron chi connectivity index (χ0n) is 11.7. The second-order valence-electron chi connectivity index (χ2n) is 5.61. The van der Waals surface area contributed by atoms with E-state index in [4.69, 9.17) is 5.11 Å². The third-order valence-corrected chi connectivity index (χ3v) is 4.16. The van der Waals surface area contributed by atoms with Crippen molar-refractivity contribution >= 4 is 11.7 Å². The molecule has 2 rings (SSSR count). The summed E-state index contributed by atoms with van der Waals surface area (Å²) in [5, 5.41) is 12.0. The average Bonchev–Trinajstić information content (AvgIpc) is 2.80. The normalized spacial score (nSPS) is 22.3. The summed E-state index contributed by atoms with van der Waals surface area (Å²) in [6.45, 7) is 2.82. The number of hydrogen-bond acceptors (Lipinski definition) is 2. The zero-order valence-corrected chi connectivity index (χ0v) is 11.7. The first kappa shape index (κ1) is 15.7. The molecule has 21 heavy (non-hydrogen) atoms. The van der Waals surface area contributed by atoms with E-state index >= 15 is 0 Å². The average molecular weight is 301 g/mol. The highest BCUT2D eigenvalue weighted by Gasteiger charge is 2.35. The Balaban J connectivity index is 2.14.